The SMILES string of the molecule is C=C(C)C(C=CC)=CC(=CC)c1ccc(N(C)C)cc1. The molecule has 1 rings (SSSR count). The quantitative estimate of drug-likeness (QED) is 0.660. The molecule has 0 bridgehead atoms. The van der Waals surface area contributed by atoms with Crippen molar-refractivity contribution >= 4 is 11.3 Å². The Morgan fingerprint density at radius 1 is 1.10 bits per heavy atom. The Morgan fingerprint density at radius 3 is 2.10 bits per heavy atom. The Labute approximate surface area is 123 Å². The number of allylic oxidation sites excluding steroid dienone is 7. The number of hydrogen-bond acceptors (Lipinski definition) is 1. The molecule has 0 saturated heterocycles. The monoisotopic (exact) mass is 267 g/mol. The van der Waals surface area contributed by atoms with Gasteiger partial charge in [-0.15, -0.1) is 0 Å². The van der Waals surface area contributed by atoms with E-state index in [-0.39, 0.29) is 0 Å². The van der Waals surface area contributed by atoms with Crippen molar-refractivity contribution in [2.24, 2.45) is 0 Å². The van der Waals surface area contributed by atoms with Crippen molar-refractivity contribution in [1.82, 2.24) is 0 Å². The smallest absolute Gasteiger partial charge is 0.0361 e. The molecule has 0 saturated carbocycles. The molecule has 0 radical (unpaired) electrons. The lowest BCUT2D eigenvalue weighted by atomic mass is 9.99. The summed E-state index contributed by atoms with van der Waals surface area (Å²) in [7, 11) is 4.10. The van der Waals surface area contributed by atoms with Crippen molar-refractivity contribution in [3.63, 3.8) is 0 Å². The molecule has 0 aliphatic rings. The molecule has 0 amide bonds. The lowest BCUT2D eigenvalue weighted by Gasteiger charge is -2.13. The zero-order valence-corrected chi connectivity index (χ0v) is 13.3. The third kappa shape index (κ3) is 4.27. The van der Waals surface area contributed by atoms with Crippen molar-refractivity contribution in [2.45, 2.75) is 20.8 Å². The van der Waals surface area contributed by atoms with Gasteiger partial charge in [-0.2, -0.15) is 0 Å². The van der Waals surface area contributed by atoms with Crippen LogP contribution in [-0.4, -0.2) is 14.1 Å². The molecular weight excluding hydrogens is 242 g/mol. The number of anilines is 1. The Morgan fingerprint density at radius 2 is 1.70 bits per heavy atom. The highest BCUT2D eigenvalue weighted by molar-refractivity contribution is 5.77. The van der Waals surface area contributed by atoms with Crippen molar-refractivity contribution < 1.29 is 0 Å². The van der Waals surface area contributed by atoms with Crippen molar-refractivity contribution in [2.75, 3.05) is 19.0 Å². The molecule has 0 unspecified atom stereocenters. The van der Waals surface area contributed by atoms with Gasteiger partial charge in [0.15, 0.2) is 0 Å². The number of nitrogens with zero attached hydrogens (tertiary/aromatic N) is 1. The second-order valence-electron chi connectivity index (χ2n) is 5.07. The van der Waals surface area contributed by atoms with E-state index in [1.165, 1.54) is 16.8 Å². The number of rotatable bonds is 5. The molecule has 20 heavy (non-hydrogen) atoms. The minimum absolute atomic E-state index is 1.08. The average molecular weight is 267 g/mol. The maximum Gasteiger partial charge on any atom is 0.0361 e. The van der Waals surface area contributed by atoms with E-state index >= 15 is 0 Å². The van der Waals surface area contributed by atoms with Crippen LogP contribution in [-0.2, 0) is 0 Å². The van der Waals surface area contributed by atoms with Crippen molar-refractivity contribution in [3.8, 4) is 0 Å². The largest absolute Gasteiger partial charge is 0.378 e. The summed E-state index contributed by atoms with van der Waals surface area (Å²) in [5.74, 6) is 0. The van der Waals surface area contributed by atoms with Crippen LogP contribution in [0.3, 0.4) is 0 Å². The molecule has 0 heterocycles. The fourth-order valence-electron chi connectivity index (χ4n) is 1.95. The normalized spacial score (nSPS) is 12.8. The summed E-state index contributed by atoms with van der Waals surface area (Å²) in [4.78, 5) is 2.11. The Hall–Kier alpha value is -2.02. The van der Waals surface area contributed by atoms with E-state index in [1.54, 1.807) is 0 Å². The molecule has 0 aliphatic heterocycles. The third-order valence-corrected chi connectivity index (χ3v) is 3.18. The van der Waals surface area contributed by atoms with Gasteiger partial charge in [-0.1, -0.05) is 42.5 Å². The van der Waals surface area contributed by atoms with Crippen molar-refractivity contribution in [1.29, 1.82) is 0 Å². The van der Waals surface area contributed by atoms with Crippen LogP contribution in [0.2, 0.25) is 0 Å². The van der Waals surface area contributed by atoms with Crippen LogP contribution in [0.5, 0.6) is 0 Å². The highest BCUT2D eigenvalue weighted by Crippen LogP contribution is 2.23. The lowest BCUT2D eigenvalue weighted by Crippen LogP contribution is -2.08. The van der Waals surface area contributed by atoms with E-state index in [1.807, 2.05) is 19.9 Å². The fourth-order valence-corrected chi connectivity index (χ4v) is 1.95. The maximum absolute atomic E-state index is 4.04. The van der Waals surface area contributed by atoms with E-state index in [4.69, 9.17) is 0 Å². The Balaban J connectivity index is 3.14. The molecular formula is C19H25N. The molecule has 1 aromatic rings. The first-order chi connectivity index (χ1) is 9.49. The summed E-state index contributed by atoms with van der Waals surface area (Å²) < 4.78 is 0. The van der Waals surface area contributed by atoms with E-state index in [9.17, 15) is 0 Å². The molecule has 106 valence electrons. The number of hydrogen-bond donors (Lipinski definition) is 0. The van der Waals surface area contributed by atoms with Crippen LogP contribution in [0.25, 0.3) is 5.57 Å². The Bertz CT molecular complexity index is 540. The molecule has 0 aromatic heterocycles. The van der Waals surface area contributed by atoms with Crippen LogP contribution < -0.4 is 4.90 Å². The van der Waals surface area contributed by atoms with E-state index in [0.717, 1.165) is 11.1 Å². The van der Waals surface area contributed by atoms with E-state index in [0.29, 0.717) is 0 Å². The van der Waals surface area contributed by atoms with Gasteiger partial charge in [-0.25, -0.2) is 0 Å². The molecule has 1 aromatic carbocycles. The predicted molar refractivity (Wildman–Crippen MR) is 92.1 cm³/mol. The second-order valence-corrected chi connectivity index (χ2v) is 5.07. The topological polar surface area (TPSA) is 3.24 Å². The Kier molecular flexibility index (Phi) is 6.05. The minimum atomic E-state index is 1.08. The van der Waals surface area contributed by atoms with Gasteiger partial charge < -0.3 is 4.90 Å². The van der Waals surface area contributed by atoms with Gasteiger partial charge in [0.2, 0.25) is 0 Å². The fraction of sp³-hybridized carbons (Fsp3) is 0.263. The highest BCUT2D eigenvalue weighted by Gasteiger charge is 2.01. The molecule has 0 N–H and O–H groups in total. The summed E-state index contributed by atoms with van der Waals surface area (Å²) in [5, 5.41) is 0. The van der Waals surface area contributed by atoms with Crippen LogP contribution in [0.4, 0.5) is 5.69 Å². The lowest BCUT2D eigenvalue weighted by molar-refractivity contribution is 1.13. The van der Waals surface area contributed by atoms with Gasteiger partial charge in [-0.3, -0.25) is 0 Å². The molecule has 0 aliphatic carbocycles. The maximum atomic E-state index is 4.04. The van der Waals surface area contributed by atoms with Gasteiger partial charge in [0.25, 0.3) is 0 Å². The zero-order valence-electron chi connectivity index (χ0n) is 13.3. The van der Waals surface area contributed by atoms with Crippen LogP contribution in [0, 0.1) is 0 Å². The highest BCUT2D eigenvalue weighted by atomic mass is 15.1. The summed E-state index contributed by atoms with van der Waals surface area (Å²) >= 11 is 0. The molecule has 1 heteroatoms. The molecule has 0 fully saturated rings. The summed E-state index contributed by atoms with van der Waals surface area (Å²) in [6.45, 7) is 10.2. The van der Waals surface area contributed by atoms with E-state index in [2.05, 4.69) is 75.0 Å². The van der Waals surface area contributed by atoms with Crippen LogP contribution in [0.15, 0.2) is 66.3 Å². The van der Waals surface area contributed by atoms with Crippen LogP contribution in [0.1, 0.15) is 26.3 Å². The van der Waals surface area contributed by atoms with Gasteiger partial charge in [0, 0.05) is 19.8 Å². The summed E-state index contributed by atoms with van der Waals surface area (Å²) in [5.41, 5.74) is 5.89. The predicted octanol–water partition coefficient (Wildman–Crippen LogP) is 5.23. The zero-order chi connectivity index (χ0) is 15.1. The third-order valence-electron chi connectivity index (χ3n) is 3.18. The first kappa shape index (κ1) is 16.0. The van der Waals surface area contributed by atoms with Gasteiger partial charge in [0.05, 0.1) is 0 Å². The standard InChI is InChI=1S/C19H25N/c1-7-9-18(15(3)4)14-16(8-2)17-10-12-19(13-11-17)20(5)6/h7-14H,3H2,1-2,4-6H3. The summed E-state index contributed by atoms with van der Waals surface area (Å²) in [6.07, 6.45) is 8.47. The van der Waals surface area contributed by atoms with E-state index < -0.39 is 0 Å². The van der Waals surface area contributed by atoms with Gasteiger partial charge >= 0.3 is 0 Å². The van der Waals surface area contributed by atoms with Gasteiger partial charge in [0.1, 0.15) is 0 Å². The van der Waals surface area contributed by atoms with Crippen molar-refractivity contribution in [3.05, 3.63) is 71.9 Å². The molecule has 0 atom stereocenters. The molecule has 1 nitrogen and oxygen atoms in total. The summed E-state index contributed by atoms with van der Waals surface area (Å²) in [6, 6.07) is 8.60. The second kappa shape index (κ2) is 7.54. The van der Waals surface area contributed by atoms with Gasteiger partial charge in [-0.05, 0) is 55.7 Å². The number of benzene rings is 1. The van der Waals surface area contributed by atoms with Crippen LogP contribution >= 0.6 is 0 Å². The average Bonchev–Trinajstić information content (AvgIpc) is 2.43. The first-order valence-corrected chi connectivity index (χ1v) is 6.94. The molecule has 0 spiro atoms. The minimum Gasteiger partial charge on any atom is -0.378 e. The first-order valence-electron chi connectivity index (χ1n) is 6.94.